The zero-order chi connectivity index (χ0) is 12.7. The van der Waals surface area contributed by atoms with Crippen LogP contribution in [0.15, 0.2) is 0 Å². The number of urea groups is 1. The number of carbonyl (C=O) groups is 2. The molecule has 0 unspecified atom stereocenters. The molecule has 0 spiro atoms. The molecule has 1 heterocycles. The fraction of sp³-hybridized carbons (Fsp3) is 0.800. The zero-order valence-electron chi connectivity index (χ0n) is 9.85. The van der Waals surface area contributed by atoms with Crippen molar-refractivity contribution in [1.82, 2.24) is 10.2 Å². The molecule has 2 amide bonds. The van der Waals surface area contributed by atoms with E-state index in [9.17, 15) is 9.59 Å². The van der Waals surface area contributed by atoms with Crippen molar-refractivity contribution in [2.75, 3.05) is 31.4 Å². The van der Waals surface area contributed by atoms with Gasteiger partial charge in [0.1, 0.15) is 6.04 Å². The van der Waals surface area contributed by atoms with E-state index in [4.69, 9.17) is 9.84 Å². The highest BCUT2D eigenvalue weighted by molar-refractivity contribution is 7.99. The minimum Gasteiger partial charge on any atom is -0.480 e. The molecular formula is C10H18N2O4S. The van der Waals surface area contributed by atoms with Gasteiger partial charge in [-0.2, -0.15) is 0 Å². The number of nitrogens with zero attached hydrogens (tertiary/aromatic N) is 1. The van der Waals surface area contributed by atoms with E-state index >= 15 is 0 Å². The van der Waals surface area contributed by atoms with E-state index in [0.29, 0.717) is 31.4 Å². The first-order chi connectivity index (χ1) is 8.16. The quantitative estimate of drug-likeness (QED) is 0.685. The summed E-state index contributed by atoms with van der Waals surface area (Å²) in [5, 5.41) is 11.6. The number of thioether (sulfide) groups is 1. The van der Waals surface area contributed by atoms with Crippen LogP contribution in [0.2, 0.25) is 0 Å². The monoisotopic (exact) mass is 262 g/mol. The first kappa shape index (κ1) is 14.1. The molecular weight excluding hydrogens is 244 g/mol. The molecule has 7 heteroatoms. The molecule has 1 aliphatic rings. The summed E-state index contributed by atoms with van der Waals surface area (Å²) in [5.74, 6) is -0.0462. The molecule has 0 aromatic rings. The first-order valence-corrected chi connectivity index (χ1v) is 6.75. The molecule has 2 N–H and O–H groups in total. The zero-order valence-corrected chi connectivity index (χ0v) is 10.7. The van der Waals surface area contributed by atoms with E-state index in [0.717, 1.165) is 6.42 Å². The lowest BCUT2D eigenvalue weighted by molar-refractivity contribution is -0.140. The van der Waals surface area contributed by atoms with Gasteiger partial charge >= 0.3 is 12.0 Å². The average Bonchev–Trinajstić information content (AvgIpc) is 2.77. The van der Waals surface area contributed by atoms with Crippen LogP contribution < -0.4 is 5.32 Å². The standard InChI is InChI=1S/C10H18N2O4S/c1-2-16-5-3-4-11-10(15)12-7-17-6-8(12)9(13)14/h8H,2-7H2,1H3,(H,11,15)(H,13,14)/t8-/m0/s1. The number of ether oxygens (including phenoxy) is 1. The highest BCUT2D eigenvalue weighted by Gasteiger charge is 2.34. The van der Waals surface area contributed by atoms with Crippen LogP contribution in [0.1, 0.15) is 13.3 Å². The number of hydrogen-bond acceptors (Lipinski definition) is 4. The molecule has 98 valence electrons. The number of rotatable bonds is 6. The summed E-state index contributed by atoms with van der Waals surface area (Å²) in [4.78, 5) is 23.9. The predicted octanol–water partition coefficient (Wildman–Crippen LogP) is 0.582. The lowest BCUT2D eigenvalue weighted by atomic mass is 10.3. The second-order valence-electron chi connectivity index (χ2n) is 3.61. The van der Waals surface area contributed by atoms with Crippen molar-refractivity contribution in [3.05, 3.63) is 0 Å². The number of carbonyl (C=O) groups excluding carboxylic acids is 1. The number of aliphatic carboxylic acids is 1. The Morgan fingerprint density at radius 1 is 1.59 bits per heavy atom. The minimum atomic E-state index is -0.945. The van der Waals surface area contributed by atoms with E-state index in [1.54, 1.807) is 0 Å². The number of nitrogens with one attached hydrogen (secondary N) is 1. The van der Waals surface area contributed by atoms with Crippen molar-refractivity contribution < 1.29 is 19.4 Å². The number of carboxylic acids is 1. The van der Waals surface area contributed by atoms with E-state index in [-0.39, 0.29) is 6.03 Å². The van der Waals surface area contributed by atoms with E-state index in [1.807, 2.05) is 6.92 Å². The Bertz CT molecular complexity index is 275. The molecule has 0 aromatic heterocycles. The molecule has 0 radical (unpaired) electrons. The Hall–Kier alpha value is -0.950. The van der Waals surface area contributed by atoms with Crippen molar-refractivity contribution >= 4 is 23.8 Å². The molecule has 1 saturated heterocycles. The van der Waals surface area contributed by atoms with Gasteiger partial charge in [0, 0.05) is 25.5 Å². The molecule has 1 atom stereocenters. The van der Waals surface area contributed by atoms with Gasteiger partial charge in [0.25, 0.3) is 0 Å². The van der Waals surface area contributed by atoms with E-state index in [1.165, 1.54) is 16.7 Å². The minimum absolute atomic E-state index is 0.307. The first-order valence-electron chi connectivity index (χ1n) is 5.59. The van der Waals surface area contributed by atoms with Crippen molar-refractivity contribution in [1.29, 1.82) is 0 Å². The SMILES string of the molecule is CCOCCCNC(=O)N1CSC[C@H]1C(=O)O. The van der Waals surface area contributed by atoms with Crippen LogP contribution in [0, 0.1) is 0 Å². The van der Waals surface area contributed by atoms with Crippen molar-refractivity contribution in [3.63, 3.8) is 0 Å². The molecule has 0 saturated carbocycles. The highest BCUT2D eigenvalue weighted by Crippen LogP contribution is 2.20. The molecule has 6 nitrogen and oxygen atoms in total. The Labute approximate surface area is 105 Å². The molecule has 17 heavy (non-hydrogen) atoms. The number of carboxylic acid groups (broad SMARTS) is 1. The maximum atomic E-state index is 11.7. The second-order valence-corrected chi connectivity index (χ2v) is 4.61. The van der Waals surface area contributed by atoms with E-state index < -0.39 is 12.0 Å². The van der Waals surface area contributed by atoms with Gasteiger partial charge in [0.2, 0.25) is 0 Å². The van der Waals surface area contributed by atoms with Crippen LogP contribution in [-0.2, 0) is 9.53 Å². The van der Waals surface area contributed by atoms with Gasteiger partial charge in [0.15, 0.2) is 0 Å². The van der Waals surface area contributed by atoms with Crippen LogP contribution in [-0.4, -0.2) is 59.4 Å². The fourth-order valence-corrected chi connectivity index (χ4v) is 2.61. The summed E-state index contributed by atoms with van der Waals surface area (Å²) >= 11 is 1.45. The van der Waals surface area contributed by atoms with Gasteiger partial charge in [-0.05, 0) is 13.3 Å². The molecule has 1 aliphatic heterocycles. The Morgan fingerprint density at radius 3 is 3.00 bits per heavy atom. The van der Waals surface area contributed by atoms with E-state index in [2.05, 4.69) is 5.32 Å². The number of amides is 2. The third-order valence-corrected chi connectivity index (χ3v) is 3.39. The Morgan fingerprint density at radius 2 is 2.35 bits per heavy atom. The summed E-state index contributed by atoms with van der Waals surface area (Å²) in [6.45, 7) is 3.69. The smallest absolute Gasteiger partial charge is 0.327 e. The Kier molecular flexibility index (Phi) is 6.13. The summed E-state index contributed by atoms with van der Waals surface area (Å²) in [5.41, 5.74) is 0. The molecule has 1 fully saturated rings. The van der Waals surface area contributed by atoms with Crippen molar-refractivity contribution in [2.45, 2.75) is 19.4 Å². The second kappa shape index (κ2) is 7.39. The van der Waals surface area contributed by atoms with Gasteiger partial charge < -0.3 is 20.1 Å². The topological polar surface area (TPSA) is 78.9 Å². The van der Waals surface area contributed by atoms with Gasteiger partial charge in [-0.3, -0.25) is 0 Å². The average molecular weight is 262 g/mol. The third-order valence-electron chi connectivity index (χ3n) is 2.37. The fourth-order valence-electron chi connectivity index (χ4n) is 1.46. The van der Waals surface area contributed by atoms with Crippen LogP contribution in [0.25, 0.3) is 0 Å². The highest BCUT2D eigenvalue weighted by atomic mass is 32.2. The van der Waals surface area contributed by atoms with Crippen molar-refractivity contribution in [3.8, 4) is 0 Å². The molecule has 0 aromatic carbocycles. The van der Waals surface area contributed by atoms with Gasteiger partial charge in [-0.1, -0.05) is 0 Å². The predicted molar refractivity (Wildman–Crippen MR) is 65.1 cm³/mol. The maximum absolute atomic E-state index is 11.7. The van der Waals surface area contributed by atoms with Gasteiger partial charge in [-0.15, -0.1) is 11.8 Å². The van der Waals surface area contributed by atoms with Gasteiger partial charge in [-0.25, -0.2) is 9.59 Å². The van der Waals surface area contributed by atoms with Crippen molar-refractivity contribution in [2.24, 2.45) is 0 Å². The normalized spacial score (nSPS) is 19.4. The molecule has 0 bridgehead atoms. The molecule has 0 aliphatic carbocycles. The summed E-state index contributed by atoms with van der Waals surface area (Å²) in [7, 11) is 0. The summed E-state index contributed by atoms with van der Waals surface area (Å²) in [6, 6.07) is -1.01. The van der Waals surface area contributed by atoms with Gasteiger partial charge in [0.05, 0.1) is 5.88 Å². The summed E-state index contributed by atoms with van der Waals surface area (Å²) in [6.07, 6.45) is 0.734. The maximum Gasteiger partial charge on any atom is 0.327 e. The Balaban J connectivity index is 2.25. The van der Waals surface area contributed by atoms with Crippen LogP contribution in [0.4, 0.5) is 4.79 Å². The van der Waals surface area contributed by atoms with Crippen LogP contribution in [0.5, 0.6) is 0 Å². The number of hydrogen-bond donors (Lipinski definition) is 2. The summed E-state index contributed by atoms with van der Waals surface area (Å²) < 4.78 is 5.14. The largest absolute Gasteiger partial charge is 0.480 e. The lowest BCUT2D eigenvalue weighted by Gasteiger charge is -2.20. The van der Waals surface area contributed by atoms with Crippen LogP contribution >= 0.6 is 11.8 Å². The lowest BCUT2D eigenvalue weighted by Crippen LogP contribution is -2.47. The van der Waals surface area contributed by atoms with Crippen LogP contribution in [0.3, 0.4) is 0 Å². The third kappa shape index (κ3) is 4.43. The molecule has 1 rings (SSSR count).